The normalized spacial score (nSPS) is 10.5. The molecule has 0 radical (unpaired) electrons. The lowest BCUT2D eigenvalue weighted by atomic mass is 10.2. The minimum absolute atomic E-state index is 0.662. The van der Waals surface area contributed by atoms with E-state index in [0.29, 0.717) is 13.2 Å². The van der Waals surface area contributed by atoms with E-state index in [4.69, 9.17) is 9.47 Å². The van der Waals surface area contributed by atoms with Gasteiger partial charge >= 0.3 is 0 Å². The van der Waals surface area contributed by atoms with E-state index in [9.17, 15) is 0 Å². The minimum atomic E-state index is 0.662. The average molecular weight is 222 g/mol. The zero-order chi connectivity index (χ0) is 10.7. The fourth-order valence-corrected chi connectivity index (χ4v) is 2.28. The second-order valence-corrected chi connectivity index (χ2v) is 3.91. The van der Waals surface area contributed by atoms with Crippen LogP contribution in [0.4, 0.5) is 0 Å². The van der Waals surface area contributed by atoms with Gasteiger partial charge in [-0.15, -0.1) is 0 Å². The smallest absolute Gasteiger partial charge is 0.161 e. The van der Waals surface area contributed by atoms with Crippen molar-refractivity contribution >= 4 is 22.1 Å². The first kappa shape index (κ1) is 10.3. The van der Waals surface area contributed by atoms with Crippen LogP contribution in [0.5, 0.6) is 11.5 Å². The van der Waals surface area contributed by atoms with Crippen LogP contribution in [0.3, 0.4) is 0 Å². The first-order valence-electron chi connectivity index (χ1n) is 5.10. The highest BCUT2D eigenvalue weighted by Crippen LogP contribution is 2.34. The van der Waals surface area contributed by atoms with Gasteiger partial charge in [-0.2, -0.15) is 11.3 Å². The van der Waals surface area contributed by atoms with E-state index < -0.39 is 0 Å². The van der Waals surface area contributed by atoms with E-state index in [0.717, 1.165) is 11.5 Å². The Bertz CT molecular complexity index is 408. The molecule has 0 bridgehead atoms. The number of benzene rings is 1. The number of hydrogen-bond acceptors (Lipinski definition) is 3. The van der Waals surface area contributed by atoms with Crippen molar-refractivity contribution in [2.45, 2.75) is 13.8 Å². The lowest BCUT2D eigenvalue weighted by molar-refractivity contribution is 0.288. The van der Waals surface area contributed by atoms with Crippen molar-refractivity contribution in [3.05, 3.63) is 22.9 Å². The van der Waals surface area contributed by atoms with Gasteiger partial charge in [0.1, 0.15) is 0 Å². The van der Waals surface area contributed by atoms with Gasteiger partial charge in [0, 0.05) is 0 Å². The van der Waals surface area contributed by atoms with E-state index in [2.05, 4.69) is 10.8 Å². The molecule has 0 amide bonds. The topological polar surface area (TPSA) is 18.5 Å². The summed E-state index contributed by atoms with van der Waals surface area (Å²) in [5.74, 6) is 1.68. The van der Waals surface area contributed by atoms with Gasteiger partial charge < -0.3 is 9.47 Å². The summed E-state index contributed by atoms with van der Waals surface area (Å²) in [5.41, 5.74) is 0. The molecule has 0 spiro atoms. The largest absolute Gasteiger partial charge is 0.490 e. The summed E-state index contributed by atoms with van der Waals surface area (Å²) in [7, 11) is 0. The quantitative estimate of drug-likeness (QED) is 0.785. The number of thiophene rings is 1. The van der Waals surface area contributed by atoms with Gasteiger partial charge in [-0.25, -0.2) is 0 Å². The molecule has 0 saturated heterocycles. The summed E-state index contributed by atoms with van der Waals surface area (Å²) in [6.45, 7) is 5.28. The second kappa shape index (κ2) is 4.53. The van der Waals surface area contributed by atoms with Gasteiger partial charge in [-0.05, 0) is 47.5 Å². The zero-order valence-corrected chi connectivity index (χ0v) is 9.76. The molecule has 2 rings (SSSR count). The van der Waals surface area contributed by atoms with Crippen molar-refractivity contribution < 1.29 is 9.47 Å². The summed E-state index contributed by atoms with van der Waals surface area (Å²) < 4.78 is 11.1. The zero-order valence-electron chi connectivity index (χ0n) is 8.95. The molecule has 0 aliphatic rings. The Hall–Kier alpha value is -1.22. The third-order valence-corrected chi connectivity index (χ3v) is 2.92. The Morgan fingerprint density at radius 1 is 0.933 bits per heavy atom. The molecule has 0 aliphatic heterocycles. The molecule has 80 valence electrons. The fraction of sp³-hybridized carbons (Fsp3) is 0.333. The molecule has 0 N–H and O–H groups in total. The first-order valence-corrected chi connectivity index (χ1v) is 6.05. The molecular formula is C12H14O2S. The Morgan fingerprint density at radius 3 is 1.80 bits per heavy atom. The van der Waals surface area contributed by atoms with Crippen LogP contribution in [-0.2, 0) is 0 Å². The highest BCUT2D eigenvalue weighted by Gasteiger charge is 2.07. The second-order valence-electron chi connectivity index (χ2n) is 3.17. The Balaban J connectivity index is 2.47. The maximum Gasteiger partial charge on any atom is 0.161 e. The molecule has 0 aliphatic carbocycles. The summed E-state index contributed by atoms with van der Waals surface area (Å²) in [6.07, 6.45) is 0. The van der Waals surface area contributed by atoms with Crippen molar-refractivity contribution in [1.82, 2.24) is 0 Å². The van der Waals surface area contributed by atoms with Crippen molar-refractivity contribution in [3.63, 3.8) is 0 Å². The monoisotopic (exact) mass is 222 g/mol. The van der Waals surface area contributed by atoms with Gasteiger partial charge in [-0.1, -0.05) is 0 Å². The van der Waals surface area contributed by atoms with Crippen molar-refractivity contribution in [2.24, 2.45) is 0 Å². The number of hydrogen-bond donors (Lipinski definition) is 0. The first-order chi connectivity index (χ1) is 7.35. The molecular weight excluding hydrogens is 208 g/mol. The highest BCUT2D eigenvalue weighted by atomic mass is 32.1. The van der Waals surface area contributed by atoms with Gasteiger partial charge in [0.25, 0.3) is 0 Å². The van der Waals surface area contributed by atoms with Crippen LogP contribution in [0, 0.1) is 0 Å². The van der Waals surface area contributed by atoms with E-state index >= 15 is 0 Å². The Morgan fingerprint density at radius 2 is 1.40 bits per heavy atom. The minimum Gasteiger partial charge on any atom is -0.490 e. The number of fused-ring (bicyclic) bond motifs is 1. The van der Waals surface area contributed by atoms with Gasteiger partial charge in [0.05, 0.1) is 13.2 Å². The Labute approximate surface area is 93.4 Å². The van der Waals surface area contributed by atoms with E-state index in [1.165, 1.54) is 10.8 Å². The summed E-state index contributed by atoms with van der Waals surface area (Å²) >= 11 is 1.70. The van der Waals surface area contributed by atoms with Crippen LogP contribution in [0.25, 0.3) is 10.8 Å². The fourth-order valence-electron chi connectivity index (χ4n) is 1.51. The molecule has 1 aromatic heterocycles. The van der Waals surface area contributed by atoms with Crippen LogP contribution in [0.1, 0.15) is 13.8 Å². The molecule has 2 aromatic rings. The summed E-state index contributed by atoms with van der Waals surface area (Å²) in [6, 6.07) is 4.08. The SMILES string of the molecule is CCOc1cc2cscc2cc1OCC. The standard InChI is InChI=1S/C12H14O2S/c1-3-13-11-5-9-7-15-8-10(9)6-12(11)14-4-2/h5-8H,3-4H2,1-2H3. The van der Waals surface area contributed by atoms with Crippen LogP contribution in [-0.4, -0.2) is 13.2 Å². The van der Waals surface area contributed by atoms with E-state index in [1.807, 2.05) is 26.0 Å². The van der Waals surface area contributed by atoms with Gasteiger partial charge in [0.15, 0.2) is 11.5 Å². The maximum atomic E-state index is 5.55. The number of rotatable bonds is 4. The molecule has 0 saturated carbocycles. The maximum absolute atomic E-state index is 5.55. The van der Waals surface area contributed by atoms with Gasteiger partial charge in [0.2, 0.25) is 0 Å². The van der Waals surface area contributed by atoms with Crippen molar-refractivity contribution in [2.75, 3.05) is 13.2 Å². The van der Waals surface area contributed by atoms with E-state index in [-0.39, 0.29) is 0 Å². The summed E-state index contributed by atoms with van der Waals surface area (Å²) in [4.78, 5) is 0. The molecule has 0 fully saturated rings. The van der Waals surface area contributed by atoms with Crippen molar-refractivity contribution in [3.8, 4) is 11.5 Å². The lowest BCUT2D eigenvalue weighted by Crippen LogP contribution is -1.97. The molecule has 1 aromatic carbocycles. The van der Waals surface area contributed by atoms with Crippen LogP contribution in [0.2, 0.25) is 0 Å². The van der Waals surface area contributed by atoms with Crippen LogP contribution < -0.4 is 9.47 Å². The molecule has 1 heterocycles. The molecule has 15 heavy (non-hydrogen) atoms. The average Bonchev–Trinajstić information content (AvgIpc) is 2.66. The molecule has 0 unspecified atom stereocenters. The van der Waals surface area contributed by atoms with E-state index in [1.54, 1.807) is 11.3 Å². The Kier molecular flexibility index (Phi) is 3.11. The lowest BCUT2D eigenvalue weighted by Gasteiger charge is -2.10. The molecule has 2 nitrogen and oxygen atoms in total. The highest BCUT2D eigenvalue weighted by molar-refractivity contribution is 7.09. The summed E-state index contributed by atoms with van der Waals surface area (Å²) in [5, 5.41) is 6.67. The third-order valence-electron chi connectivity index (χ3n) is 2.14. The van der Waals surface area contributed by atoms with Crippen LogP contribution in [0.15, 0.2) is 22.9 Å². The predicted octanol–water partition coefficient (Wildman–Crippen LogP) is 3.70. The van der Waals surface area contributed by atoms with Crippen LogP contribution >= 0.6 is 11.3 Å². The molecule has 0 atom stereocenters. The van der Waals surface area contributed by atoms with Crippen molar-refractivity contribution in [1.29, 1.82) is 0 Å². The predicted molar refractivity (Wildman–Crippen MR) is 64.2 cm³/mol. The molecule has 3 heteroatoms. The van der Waals surface area contributed by atoms with Gasteiger partial charge in [-0.3, -0.25) is 0 Å². The number of ether oxygens (including phenoxy) is 2. The third kappa shape index (κ3) is 2.07.